The molecule has 0 aliphatic rings. The molecule has 1 amide bonds. The number of aromatic nitrogens is 4. The minimum atomic E-state index is -0.345. The van der Waals surface area contributed by atoms with Crippen molar-refractivity contribution in [1.82, 2.24) is 19.5 Å². The third-order valence-electron chi connectivity index (χ3n) is 3.81. The second-order valence-electron chi connectivity index (χ2n) is 6.48. The Balaban J connectivity index is 1.80. The third kappa shape index (κ3) is 4.85. The van der Waals surface area contributed by atoms with Crippen molar-refractivity contribution in [3.05, 3.63) is 48.5 Å². The fourth-order valence-corrected chi connectivity index (χ4v) is 3.02. The Morgan fingerprint density at radius 3 is 2.79 bits per heavy atom. The van der Waals surface area contributed by atoms with Gasteiger partial charge in [0.15, 0.2) is 17.0 Å². The molecule has 28 heavy (non-hydrogen) atoms. The predicted octanol–water partition coefficient (Wildman–Crippen LogP) is 3.29. The van der Waals surface area contributed by atoms with E-state index < -0.39 is 0 Å². The van der Waals surface area contributed by atoms with E-state index in [0.29, 0.717) is 41.6 Å². The number of hydrogen-bond donors (Lipinski definition) is 1. The lowest BCUT2D eigenvalue weighted by atomic mass is 10.2. The topological polar surface area (TPSA) is 106 Å². The van der Waals surface area contributed by atoms with E-state index in [1.54, 1.807) is 35.2 Å². The SMILES string of the molecule is CC(C)COC(Cn1cnc2c(NC(=O)c3ccccc3)ncnc21)SC#N. The summed E-state index contributed by atoms with van der Waals surface area (Å²) >= 11 is 1.06. The summed E-state index contributed by atoms with van der Waals surface area (Å²) in [6, 6.07) is 8.88. The normalized spacial score (nSPS) is 12.1. The number of rotatable bonds is 8. The molecular formula is C19H20N6O2S. The van der Waals surface area contributed by atoms with Crippen LogP contribution in [0, 0.1) is 16.6 Å². The molecule has 3 rings (SSSR count). The van der Waals surface area contributed by atoms with Gasteiger partial charge in [0.05, 0.1) is 19.5 Å². The first kappa shape index (κ1) is 19.8. The number of benzene rings is 1. The van der Waals surface area contributed by atoms with E-state index in [1.165, 1.54) is 6.33 Å². The number of fused-ring (bicyclic) bond motifs is 1. The van der Waals surface area contributed by atoms with Crippen molar-refractivity contribution < 1.29 is 9.53 Å². The van der Waals surface area contributed by atoms with Crippen molar-refractivity contribution in [3.63, 3.8) is 0 Å². The first-order chi connectivity index (χ1) is 13.6. The molecule has 0 bridgehead atoms. The monoisotopic (exact) mass is 396 g/mol. The molecule has 0 radical (unpaired) electrons. The largest absolute Gasteiger partial charge is 0.364 e. The van der Waals surface area contributed by atoms with Crippen LogP contribution in [0.1, 0.15) is 24.2 Å². The fourth-order valence-electron chi connectivity index (χ4n) is 2.52. The number of nitrogens with one attached hydrogen (secondary N) is 1. The van der Waals surface area contributed by atoms with Crippen molar-refractivity contribution in [2.24, 2.45) is 5.92 Å². The van der Waals surface area contributed by atoms with Crippen LogP contribution >= 0.6 is 11.8 Å². The number of nitrogens with zero attached hydrogens (tertiary/aromatic N) is 5. The zero-order chi connectivity index (χ0) is 19.9. The van der Waals surface area contributed by atoms with E-state index >= 15 is 0 Å². The molecule has 1 unspecified atom stereocenters. The van der Waals surface area contributed by atoms with Gasteiger partial charge in [0.25, 0.3) is 5.91 Å². The van der Waals surface area contributed by atoms with Crippen molar-refractivity contribution in [3.8, 4) is 5.40 Å². The molecule has 1 aromatic carbocycles. The summed E-state index contributed by atoms with van der Waals surface area (Å²) in [4.78, 5) is 25.2. The van der Waals surface area contributed by atoms with Gasteiger partial charge in [0.2, 0.25) is 0 Å². The Hall–Kier alpha value is -2.96. The molecule has 0 spiro atoms. The summed E-state index contributed by atoms with van der Waals surface area (Å²) in [5.74, 6) is 0.432. The quantitative estimate of drug-likeness (QED) is 0.460. The van der Waals surface area contributed by atoms with Crippen LogP contribution in [0.2, 0.25) is 0 Å². The number of carbonyl (C=O) groups is 1. The molecule has 144 valence electrons. The van der Waals surface area contributed by atoms with Crippen molar-refractivity contribution >= 4 is 34.7 Å². The molecule has 3 aromatic rings. The number of ether oxygens (including phenoxy) is 1. The number of thiocyanates is 1. The molecule has 8 nitrogen and oxygen atoms in total. The molecule has 2 heterocycles. The van der Waals surface area contributed by atoms with E-state index in [1.807, 2.05) is 6.07 Å². The number of nitriles is 1. The maximum absolute atomic E-state index is 12.4. The van der Waals surface area contributed by atoms with E-state index in [9.17, 15) is 4.79 Å². The van der Waals surface area contributed by atoms with Gasteiger partial charge in [-0.25, -0.2) is 15.0 Å². The summed E-state index contributed by atoms with van der Waals surface area (Å²) in [5.41, 5.74) is 1.23. The van der Waals surface area contributed by atoms with Crippen LogP contribution in [0.15, 0.2) is 43.0 Å². The van der Waals surface area contributed by atoms with E-state index in [-0.39, 0.29) is 11.3 Å². The average molecular weight is 396 g/mol. The molecule has 9 heteroatoms. The summed E-state index contributed by atoms with van der Waals surface area (Å²) < 4.78 is 7.59. The van der Waals surface area contributed by atoms with E-state index in [0.717, 1.165) is 11.8 Å². The lowest BCUT2D eigenvalue weighted by Gasteiger charge is -2.16. The zero-order valence-electron chi connectivity index (χ0n) is 15.6. The van der Waals surface area contributed by atoms with Crippen molar-refractivity contribution in [2.45, 2.75) is 25.8 Å². The summed E-state index contributed by atoms with van der Waals surface area (Å²) in [6.45, 7) is 5.06. The number of thioether (sulfide) groups is 1. The summed E-state index contributed by atoms with van der Waals surface area (Å²) in [7, 11) is 0. The molecule has 0 aliphatic heterocycles. The van der Waals surface area contributed by atoms with Gasteiger partial charge in [-0.05, 0) is 29.8 Å². The smallest absolute Gasteiger partial charge is 0.256 e. The van der Waals surface area contributed by atoms with Crippen LogP contribution in [0.4, 0.5) is 5.82 Å². The van der Waals surface area contributed by atoms with Gasteiger partial charge in [-0.15, -0.1) is 0 Å². The van der Waals surface area contributed by atoms with Crippen LogP contribution in [0.5, 0.6) is 0 Å². The Morgan fingerprint density at radius 1 is 1.29 bits per heavy atom. The molecule has 1 atom stereocenters. The Morgan fingerprint density at radius 2 is 2.07 bits per heavy atom. The maximum Gasteiger partial charge on any atom is 0.256 e. The standard InChI is InChI=1S/C19H20N6O2S/c1-13(2)9-27-15(28-10-20)8-25-12-23-16-17(21-11-22-18(16)25)24-19(26)14-6-4-3-5-7-14/h3-7,11-13,15H,8-9H2,1-2H3,(H,21,22,24,26). The molecule has 1 N–H and O–H groups in total. The third-order valence-corrected chi connectivity index (χ3v) is 4.47. The number of amides is 1. The predicted molar refractivity (Wildman–Crippen MR) is 108 cm³/mol. The number of hydrogen-bond acceptors (Lipinski definition) is 7. The first-order valence-electron chi connectivity index (χ1n) is 8.77. The summed E-state index contributed by atoms with van der Waals surface area (Å²) in [5, 5.41) is 13.9. The van der Waals surface area contributed by atoms with Crippen LogP contribution < -0.4 is 5.32 Å². The molecule has 0 saturated heterocycles. The lowest BCUT2D eigenvalue weighted by molar-refractivity contribution is 0.0812. The van der Waals surface area contributed by atoms with Gasteiger partial charge in [-0.2, -0.15) is 5.26 Å². The van der Waals surface area contributed by atoms with Gasteiger partial charge < -0.3 is 14.6 Å². The highest BCUT2D eigenvalue weighted by Crippen LogP contribution is 2.21. The second-order valence-corrected chi connectivity index (χ2v) is 7.42. The van der Waals surface area contributed by atoms with Gasteiger partial charge in [-0.1, -0.05) is 32.0 Å². The zero-order valence-corrected chi connectivity index (χ0v) is 16.4. The first-order valence-corrected chi connectivity index (χ1v) is 9.65. The Kier molecular flexibility index (Phi) is 6.57. The highest BCUT2D eigenvalue weighted by Gasteiger charge is 2.17. The van der Waals surface area contributed by atoms with Crippen molar-refractivity contribution in [2.75, 3.05) is 11.9 Å². The molecule has 0 aliphatic carbocycles. The second kappa shape index (κ2) is 9.30. The van der Waals surface area contributed by atoms with Crippen LogP contribution in [-0.2, 0) is 11.3 Å². The minimum Gasteiger partial charge on any atom is -0.364 e. The summed E-state index contributed by atoms with van der Waals surface area (Å²) in [6.07, 6.45) is 2.99. The number of anilines is 1. The van der Waals surface area contributed by atoms with Crippen molar-refractivity contribution in [1.29, 1.82) is 5.26 Å². The molecule has 0 saturated carbocycles. The Bertz CT molecular complexity index is 983. The number of imidazole rings is 1. The minimum absolute atomic E-state index is 0.270. The van der Waals surface area contributed by atoms with Crippen LogP contribution in [0.25, 0.3) is 11.2 Å². The van der Waals surface area contributed by atoms with Gasteiger partial charge in [-0.3, -0.25) is 4.79 Å². The average Bonchev–Trinajstić information content (AvgIpc) is 3.11. The van der Waals surface area contributed by atoms with Gasteiger partial charge in [0.1, 0.15) is 17.2 Å². The van der Waals surface area contributed by atoms with E-state index in [2.05, 4.69) is 39.5 Å². The Labute approximate surface area is 167 Å². The molecule has 0 fully saturated rings. The van der Waals surface area contributed by atoms with Gasteiger partial charge >= 0.3 is 0 Å². The maximum atomic E-state index is 12.4. The number of carbonyl (C=O) groups excluding carboxylic acids is 1. The van der Waals surface area contributed by atoms with Gasteiger partial charge in [0, 0.05) is 5.56 Å². The molecule has 2 aromatic heterocycles. The van der Waals surface area contributed by atoms with Crippen LogP contribution in [0.3, 0.4) is 0 Å². The highest BCUT2D eigenvalue weighted by molar-refractivity contribution is 8.04. The van der Waals surface area contributed by atoms with Crippen LogP contribution in [-0.4, -0.2) is 37.5 Å². The van der Waals surface area contributed by atoms with E-state index in [4.69, 9.17) is 10.00 Å². The molecular weight excluding hydrogens is 376 g/mol. The lowest BCUT2D eigenvalue weighted by Crippen LogP contribution is -2.19. The fraction of sp³-hybridized carbons (Fsp3) is 0.316. The highest BCUT2D eigenvalue weighted by atomic mass is 32.2.